The lowest BCUT2D eigenvalue weighted by atomic mass is 10.1. The van der Waals surface area contributed by atoms with E-state index in [1.54, 1.807) is 36.4 Å². The lowest BCUT2D eigenvalue weighted by Gasteiger charge is -2.26. The second kappa shape index (κ2) is 7.95. The molecule has 7 nitrogen and oxygen atoms in total. The van der Waals surface area contributed by atoms with Crippen molar-refractivity contribution in [3.63, 3.8) is 0 Å². The Kier molecular flexibility index (Phi) is 4.84. The SMILES string of the molecule is O=C(NCC1COc2ccccc2O1)c1nn(-c2ccccc2)c(=O)c2ccccc12. The van der Waals surface area contributed by atoms with Gasteiger partial charge in [-0.1, -0.05) is 48.5 Å². The van der Waals surface area contributed by atoms with Gasteiger partial charge in [0, 0.05) is 5.39 Å². The number of nitrogens with zero attached hydrogens (tertiary/aromatic N) is 2. The number of para-hydroxylation sites is 3. The Morgan fingerprint density at radius 1 is 0.935 bits per heavy atom. The van der Waals surface area contributed by atoms with Crippen molar-refractivity contribution in [2.24, 2.45) is 0 Å². The zero-order chi connectivity index (χ0) is 21.2. The number of amides is 1. The van der Waals surface area contributed by atoms with Crippen LogP contribution in [-0.4, -0.2) is 34.9 Å². The lowest BCUT2D eigenvalue weighted by Crippen LogP contribution is -2.41. The molecular formula is C24H19N3O4. The van der Waals surface area contributed by atoms with Crippen LogP contribution in [0.2, 0.25) is 0 Å². The third kappa shape index (κ3) is 3.61. The number of carbonyl (C=O) groups excluding carboxylic acids is 1. The predicted molar refractivity (Wildman–Crippen MR) is 116 cm³/mol. The highest BCUT2D eigenvalue weighted by Gasteiger charge is 2.23. The first kappa shape index (κ1) is 18.9. The number of rotatable bonds is 4. The molecule has 0 saturated heterocycles. The molecule has 1 N–H and O–H groups in total. The summed E-state index contributed by atoms with van der Waals surface area (Å²) in [4.78, 5) is 26.0. The Labute approximate surface area is 177 Å². The third-order valence-electron chi connectivity index (χ3n) is 5.08. The van der Waals surface area contributed by atoms with Gasteiger partial charge in [0.1, 0.15) is 12.7 Å². The van der Waals surface area contributed by atoms with Crippen molar-refractivity contribution < 1.29 is 14.3 Å². The van der Waals surface area contributed by atoms with Gasteiger partial charge in [-0.25, -0.2) is 0 Å². The van der Waals surface area contributed by atoms with E-state index in [-0.39, 0.29) is 29.8 Å². The van der Waals surface area contributed by atoms with E-state index in [1.807, 2.05) is 42.5 Å². The maximum absolute atomic E-state index is 13.1. The lowest BCUT2D eigenvalue weighted by molar-refractivity contribution is 0.0786. The molecule has 2 heterocycles. The van der Waals surface area contributed by atoms with Crippen molar-refractivity contribution in [3.8, 4) is 17.2 Å². The number of aromatic nitrogens is 2. The average Bonchev–Trinajstić information content (AvgIpc) is 2.83. The van der Waals surface area contributed by atoms with E-state index < -0.39 is 0 Å². The largest absolute Gasteiger partial charge is 0.486 e. The van der Waals surface area contributed by atoms with E-state index in [0.29, 0.717) is 34.6 Å². The summed E-state index contributed by atoms with van der Waals surface area (Å²) in [6, 6.07) is 23.4. The van der Waals surface area contributed by atoms with E-state index in [1.165, 1.54) is 4.68 Å². The number of nitrogens with one attached hydrogen (secondary N) is 1. The fourth-order valence-corrected chi connectivity index (χ4v) is 3.56. The van der Waals surface area contributed by atoms with Crippen molar-refractivity contribution >= 4 is 16.7 Å². The first-order valence-electron chi connectivity index (χ1n) is 9.95. The number of hydrogen-bond acceptors (Lipinski definition) is 5. The first-order chi connectivity index (χ1) is 15.2. The summed E-state index contributed by atoms with van der Waals surface area (Å²) in [5.41, 5.74) is 0.489. The fraction of sp³-hybridized carbons (Fsp3) is 0.125. The third-order valence-corrected chi connectivity index (χ3v) is 5.08. The minimum atomic E-state index is -0.386. The Morgan fingerprint density at radius 2 is 1.61 bits per heavy atom. The number of fused-ring (bicyclic) bond motifs is 2. The molecule has 1 aromatic heterocycles. The van der Waals surface area contributed by atoms with Gasteiger partial charge in [0.25, 0.3) is 11.5 Å². The molecule has 4 aromatic rings. The molecule has 0 aliphatic carbocycles. The van der Waals surface area contributed by atoms with Crippen LogP contribution >= 0.6 is 0 Å². The van der Waals surface area contributed by atoms with Crippen LogP contribution in [0.15, 0.2) is 83.7 Å². The average molecular weight is 413 g/mol. The van der Waals surface area contributed by atoms with Crippen molar-refractivity contribution in [1.82, 2.24) is 15.1 Å². The normalized spacial score (nSPS) is 14.9. The summed E-state index contributed by atoms with van der Waals surface area (Å²) >= 11 is 0. The van der Waals surface area contributed by atoms with Gasteiger partial charge >= 0.3 is 0 Å². The van der Waals surface area contributed by atoms with Crippen LogP contribution in [0.3, 0.4) is 0 Å². The monoisotopic (exact) mass is 413 g/mol. The Hall–Kier alpha value is -4.13. The molecule has 1 unspecified atom stereocenters. The van der Waals surface area contributed by atoms with Crippen LogP contribution in [-0.2, 0) is 0 Å². The summed E-state index contributed by atoms with van der Waals surface area (Å²) in [6.07, 6.45) is -0.329. The van der Waals surface area contributed by atoms with Gasteiger partial charge in [0.15, 0.2) is 17.2 Å². The standard InChI is InChI=1S/C24H19N3O4/c28-23(25-14-17-15-30-20-12-6-7-13-21(20)31-17)22-18-10-4-5-11-19(18)24(29)27(26-22)16-8-2-1-3-9-16/h1-13,17H,14-15H2,(H,25,28). The minimum Gasteiger partial charge on any atom is -0.486 e. The topological polar surface area (TPSA) is 82.4 Å². The highest BCUT2D eigenvalue weighted by atomic mass is 16.6. The van der Waals surface area contributed by atoms with Crippen LogP contribution in [0, 0.1) is 0 Å². The highest BCUT2D eigenvalue weighted by molar-refractivity contribution is 6.04. The van der Waals surface area contributed by atoms with Crippen LogP contribution in [0.1, 0.15) is 10.5 Å². The molecule has 1 atom stereocenters. The van der Waals surface area contributed by atoms with Gasteiger partial charge < -0.3 is 14.8 Å². The van der Waals surface area contributed by atoms with Crippen molar-refractivity contribution in [1.29, 1.82) is 0 Å². The van der Waals surface area contributed by atoms with E-state index in [4.69, 9.17) is 9.47 Å². The van der Waals surface area contributed by atoms with Gasteiger partial charge in [0.05, 0.1) is 17.6 Å². The molecule has 0 radical (unpaired) electrons. The zero-order valence-corrected chi connectivity index (χ0v) is 16.5. The molecule has 7 heteroatoms. The Bertz CT molecular complexity index is 1320. The van der Waals surface area contributed by atoms with Crippen LogP contribution < -0.4 is 20.3 Å². The molecule has 1 aliphatic heterocycles. The van der Waals surface area contributed by atoms with E-state index >= 15 is 0 Å². The molecular weight excluding hydrogens is 394 g/mol. The van der Waals surface area contributed by atoms with Crippen molar-refractivity contribution in [3.05, 3.63) is 94.9 Å². The van der Waals surface area contributed by atoms with E-state index in [9.17, 15) is 9.59 Å². The van der Waals surface area contributed by atoms with Gasteiger partial charge in [-0.05, 0) is 30.3 Å². The summed E-state index contributed by atoms with van der Waals surface area (Å²) < 4.78 is 12.9. The number of hydrogen-bond donors (Lipinski definition) is 1. The molecule has 31 heavy (non-hydrogen) atoms. The number of carbonyl (C=O) groups is 1. The quantitative estimate of drug-likeness (QED) is 0.556. The molecule has 0 saturated carbocycles. The second-order valence-electron chi connectivity index (χ2n) is 7.15. The molecule has 0 fully saturated rings. The molecule has 1 amide bonds. The van der Waals surface area contributed by atoms with E-state index in [2.05, 4.69) is 10.4 Å². The molecule has 0 spiro atoms. The Morgan fingerprint density at radius 3 is 2.42 bits per heavy atom. The summed E-state index contributed by atoms with van der Waals surface area (Å²) in [5, 5.41) is 8.19. The fourth-order valence-electron chi connectivity index (χ4n) is 3.56. The van der Waals surface area contributed by atoms with Crippen molar-refractivity contribution in [2.75, 3.05) is 13.2 Å². The molecule has 0 bridgehead atoms. The maximum Gasteiger partial charge on any atom is 0.279 e. The maximum atomic E-state index is 13.1. The van der Waals surface area contributed by atoms with Crippen LogP contribution in [0.5, 0.6) is 11.5 Å². The van der Waals surface area contributed by atoms with E-state index in [0.717, 1.165) is 0 Å². The molecule has 1 aliphatic rings. The number of ether oxygens (including phenoxy) is 2. The summed E-state index contributed by atoms with van der Waals surface area (Å²) in [7, 11) is 0. The first-order valence-corrected chi connectivity index (χ1v) is 9.95. The van der Waals surface area contributed by atoms with Gasteiger partial charge in [-0.15, -0.1) is 0 Å². The van der Waals surface area contributed by atoms with Gasteiger partial charge in [0.2, 0.25) is 0 Å². The smallest absolute Gasteiger partial charge is 0.279 e. The van der Waals surface area contributed by atoms with Gasteiger partial charge in [-0.2, -0.15) is 9.78 Å². The second-order valence-corrected chi connectivity index (χ2v) is 7.15. The Balaban J connectivity index is 1.44. The van der Waals surface area contributed by atoms with Crippen LogP contribution in [0.4, 0.5) is 0 Å². The van der Waals surface area contributed by atoms with Gasteiger partial charge in [-0.3, -0.25) is 9.59 Å². The zero-order valence-electron chi connectivity index (χ0n) is 16.5. The van der Waals surface area contributed by atoms with Crippen molar-refractivity contribution in [2.45, 2.75) is 6.10 Å². The predicted octanol–water partition coefficient (Wildman–Crippen LogP) is 2.96. The highest BCUT2D eigenvalue weighted by Crippen LogP contribution is 2.30. The summed E-state index contributed by atoms with van der Waals surface area (Å²) in [5.74, 6) is 0.949. The minimum absolute atomic E-state index is 0.177. The van der Waals surface area contributed by atoms with Crippen LogP contribution in [0.25, 0.3) is 16.5 Å². The molecule has 154 valence electrons. The number of benzene rings is 3. The molecule has 5 rings (SSSR count). The summed E-state index contributed by atoms with van der Waals surface area (Å²) in [6.45, 7) is 0.572. The molecule has 3 aromatic carbocycles.